The van der Waals surface area contributed by atoms with E-state index in [0.29, 0.717) is 12.8 Å². The predicted molar refractivity (Wildman–Crippen MR) is 106 cm³/mol. The van der Waals surface area contributed by atoms with Gasteiger partial charge in [0.1, 0.15) is 0 Å². The number of aromatic amines is 1. The summed E-state index contributed by atoms with van der Waals surface area (Å²) in [5, 5.41) is 0. The van der Waals surface area contributed by atoms with E-state index >= 15 is 0 Å². The molecule has 0 bridgehead atoms. The largest absolute Gasteiger partial charge is 0.351 e. The smallest absolute Gasteiger partial charge is 0.154 e. The van der Waals surface area contributed by atoms with Crippen LogP contribution >= 0.6 is 0 Å². The number of H-pyrrole nitrogens is 1. The third-order valence-corrected chi connectivity index (χ3v) is 4.30. The summed E-state index contributed by atoms with van der Waals surface area (Å²) in [6, 6.07) is 15.9. The maximum atomic E-state index is 12.3. The van der Waals surface area contributed by atoms with E-state index in [0.717, 1.165) is 16.8 Å². The SMILES string of the molecule is Cc1ccc(/C=C/c2ccc(CC(=O)C(N)Cc3c[nH]cn3)cc2)cc1. The predicted octanol–water partition coefficient (Wildman–Crippen LogP) is 3.57. The van der Waals surface area contributed by atoms with Crippen molar-refractivity contribution in [3.8, 4) is 0 Å². The lowest BCUT2D eigenvalue weighted by molar-refractivity contribution is -0.119. The van der Waals surface area contributed by atoms with Crippen LogP contribution in [0.15, 0.2) is 61.1 Å². The molecule has 1 atom stereocenters. The molecule has 1 aromatic heterocycles. The molecule has 0 aliphatic heterocycles. The van der Waals surface area contributed by atoms with Gasteiger partial charge >= 0.3 is 0 Å². The lowest BCUT2D eigenvalue weighted by Gasteiger charge is -2.09. The second-order valence-corrected chi connectivity index (χ2v) is 6.50. The van der Waals surface area contributed by atoms with Crippen molar-refractivity contribution in [1.29, 1.82) is 0 Å². The van der Waals surface area contributed by atoms with E-state index in [1.165, 1.54) is 11.1 Å². The number of hydrogen-bond acceptors (Lipinski definition) is 3. The van der Waals surface area contributed by atoms with Gasteiger partial charge in [0, 0.05) is 19.0 Å². The number of imidazole rings is 1. The monoisotopic (exact) mass is 345 g/mol. The van der Waals surface area contributed by atoms with Crippen molar-refractivity contribution in [2.45, 2.75) is 25.8 Å². The molecule has 0 amide bonds. The van der Waals surface area contributed by atoms with Gasteiger partial charge in [-0.3, -0.25) is 4.79 Å². The number of hydrogen-bond donors (Lipinski definition) is 2. The topological polar surface area (TPSA) is 71.8 Å². The van der Waals surface area contributed by atoms with Crippen molar-refractivity contribution in [2.75, 3.05) is 0 Å². The van der Waals surface area contributed by atoms with Crippen molar-refractivity contribution < 1.29 is 4.79 Å². The molecule has 2 aromatic carbocycles. The van der Waals surface area contributed by atoms with Gasteiger partial charge in [-0.15, -0.1) is 0 Å². The molecule has 0 aliphatic carbocycles. The van der Waals surface area contributed by atoms with E-state index in [1.54, 1.807) is 12.5 Å². The fraction of sp³-hybridized carbons (Fsp3) is 0.182. The summed E-state index contributed by atoms with van der Waals surface area (Å²) in [5.74, 6) is 0.0240. The lowest BCUT2D eigenvalue weighted by atomic mass is 10.00. The van der Waals surface area contributed by atoms with Crippen LogP contribution in [0.5, 0.6) is 0 Å². The zero-order valence-electron chi connectivity index (χ0n) is 14.9. The first kappa shape index (κ1) is 17.8. The molecular formula is C22H23N3O. The number of carbonyl (C=O) groups excluding carboxylic acids is 1. The maximum absolute atomic E-state index is 12.3. The molecular weight excluding hydrogens is 322 g/mol. The van der Waals surface area contributed by atoms with E-state index in [-0.39, 0.29) is 5.78 Å². The fourth-order valence-corrected chi connectivity index (χ4v) is 2.69. The van der Waals surface area contributed by atoms with Crippen molar-refractivity contribution in [3.63, 3.8) is 0 Å². The van der Waals surface area contributed by atoms with Gasteiger partial charge in [-0.2, -0.15) is 0 Å². The van der Waals surface area contributed by atoms with Crippen LogP contribution in [0.2, 0.25) is 0 Å². The molecule has 4 nitrogen and oxygen atoms in total. The Morgan fingerprint density at radius 3 is 2.27 bits per heavy atom. The van der Waals surface area contributed by atoms with Crippen LogP contribution in [-0.2, 0) is 17.6 Å². The standard InChI is InChI=1S/C22H23N3O/c1-16-2-4-17(5-3-16)6-7-18-8-10-19(11-9-18)12-22(26)21(23)13-20-14-24-15-25-20/h2-11,14-15,21H,12-13,23H2,1H3,(H,24,25)/b7-6+. The van der Waals surface area contributed by atoms with Crippen LogP contribution in [0.1, 0.15) is 27.9 Å². The maximum Gasteiger partial charge on any atom is 0.154 e. The van der Waals surface area contributed by atoms with Gasteiger partial charge in [0.2, 0.25) is 0 Å². The summed E-state index contributed by atoms with van der Waals surface area (Å²) in [6.07, 6.45) is 8.31. The van der Waals surface area contributed by atoms with Gasteiger partial charge in [0.05, 0.1) is 18.1 Å². The highest BCUT2D eigenvalue weighted by atomic mass is 16.1. The molecule has 0 radical (unpaired) electrons. The van der Waals surface area contributed by atoms with Crippen LogP contribution in [0.3, 0.4) is 0 Å². The fourth-order valence-electron chi connectivity index (χ4n) is 2.69. The van der Waals surface area contributed by atoms with Crippen LogP contribution < -0.4 is 5.73 Å². The van der Waals surface area contributed by atoms with E-state index in [2.05, 4.69) is 53.3 Å². The molecule has 3 aromatic rings. The van der Waals surface area contributed by atoms with Gasteiger partial charge in [-0.1, -0.05) is 66.2 Å². The molecule has 0 aliphatic rings. The normalized spacial score (nSPS) is 12.4. The molecule has 26 heavy (non-hydrogen) atoms. The van der Waals surface area contributed by atoms with E-state index in [1.807, 2.05) is 24.3 Å². The molecule has 0 saturated heterocycles. The number of aromatic nitrogens is 2. The van der Waals surface area contributed by atoms with Crippen LogP contribution in [0.4, 0.5) is 0 Å². The minimum Gasteiger partial charge on any atom is -0.351 e. The highest BCUT2D eigenvalue weighted by molar-refractivity contribution is 5.86. The first-order valence-electron chi connectivity index (χ1n) is 8.70. The van der Waals surface area contributed by atoms with Gasteiger partial charge in [0.25, 0.3) is 0 Å². The summed E-state index contributed by atoms with van der Waals surface area (Å²) in [6.45, 7) is 2.08. The van der Waals surface area contributed by atoms with Gasteiger partial charge < -0.3 is 10.7 Å². The summed E-state index contributed by atoms with van der Waals surface area (Å²) in [4.78, 5) is 19.3. The Morgan fingerprint density at radius 1 is 1.08 bits per heavy atom. The minimum absolute atomic E-state index is 0.0240. The van der Waals surface area contributed by atoms with Crippen LogP contribution in [0, 0.1) is 6.92 Å². The van der Waals surface area contributed by atoms with E-state index < -0.39 is 6.04 Å². The number of nitrogens with two attached hydrogens (primary N) is 1. The first-order chi connectivity index (χ1) is 12.6. The van der Waals surface area contributed by atoms with Gasteiger partial charge in [0.15, 0.2) is 5.78 Å². The molecule has 4 heteroatoms. The number of ketones is 1. The highest BCUT2D eigenvalue weighted by Crippen LogP contribution is 2.12. The Bertz CT molecular complexity index is 863. The van der Waals surface area contributed by atoms with Crippen molar-refractivity contribution in [3.05, 3.63) is 89.0 Å². The quantitative estimate of drug-likeness (QED) is 0.643. The summed E-state index contributed by atoms with van der Waals surface area (Å²) >= 11 is 0. The van der Waals surface area contributed by atoms with E-state index in [9.17, 15) is 4.79 Å². The minimum atomic E-state index is -0.528. The number of rotatable bonds is 7. The molecule has 1 unspecified atom stereocenters. The number of Topliss-reactive ketones (excluding diaryl/α,β-unsaturated/α-hetero) is 1. The lowest BCUT2D eigenvalue weighted by Crippen LogP contribution is -2.34. The Hall–Kier alpha value is -2.98. The molecule has 0 saturated carbocycles. The van der Waals surface area contributed by atoms with Crippen LogP contribution in [0.25, 0.3) is 12.2 Å². The average Bonchev–Trinajstić information content (AvgIpc) is 3.15. The zero-order valence-corrected chi connectivity index (χ0v) is 14.9. The number of carbonyl (C=O) groups is 1. The number of nitrogens with one attached hydrogen (secondary N) is 1. The third kappa shape index (κ3) is 5.01. The van der Waals surface area contributed by atoms with Gasteiger partial charge in [-0.05, 0) is 23.6 Å². The van der Waals surface area contributed by atoms with Gasteiger partial charge in [-0.25, -0.2) is 4.98 Å². The van der Waals surface area contributed by atoms with Crippen molar-refractivity contribution in [1.82, 2.24) is 9.97 Å². The van der Waals surface area contributed by atoms with Crippen molar-refractivity contribution >= 4 is 17.9 Å². The number of benzene rings is 2. The Kier molecular flexibility index (Phi) is 5.77. The second kappa shape index (κ2) is 8.41. The molecule has 3 N–H and O–H groups in total. The molecule has 3 rings (SSSR count). The molecule has 132 valence electrons. The Balaban J connectivity index is 1.56. The average molecular weight is 345 g/mol. The Morgan fingerprint density at radius 2 is 1.69 bits per heavy atom. The Labute approximate surface area is 153 Å². The highest BCUT2D eigenvalue weighted by Gasteiger charge is 2.15. The summed E-state index contributed by atoms with van der Waals surface area (Å²) in [7, 11) is 0. The second-order valence-electron chi connectivity index (χ2n) is 6.50. The third-order valence-electron chi connectivity index (χ3n) is 4.30. The molecule has 0 spiro atoms. The molecule has 1 heterocycles. The first-order valence-corrected chi connectivity index (χ1v) is 8.70. The van der Waals surface area contributed by atoms with E-state index in [4.69, 9.17) is 5.73 Å². The van der Waals surface area contributed by atoms with Crippen molar-refractivity contribution in [2.24, 2.45) is 5.73 Å². The molecule has 0 fully saturated rings. The number of aryl methyl sites for hydroxylation is 1. The number of nitrogens with zero attached hydrogens (tertiary/aromatic N) is 1. The summed E-state index contributed by atoms with van der Waals surface area (Å²) < 4.78 is 0. The summed E-state index contributed by atoms with van der Waals surface area (Å²) in [5.41, 5.74) is 11.3. The zero-order chi connectivity index (χ0) is 18.4. The van der Waals surface area contributed by atoms with Crippen LogP contribution in [-0.4, -0.2) is 21.8 Å².